The first-order valence-corrected chi connectivity index (χ1v) is 7.41. The Balaban J connectivity index is 1.71. The van der Waals surface area contributed by atoms with Crippen LogP contribution < -0.4 is 0 Å². The van der Waals surface area contributed by atoms with E-state index in [1.54, 1.807) is 12.1 Å². The Morgan fingerprint density at radius 2 is 2.25 bits per heavy atom. The summed E-state index contributed by atoms with van der Waals surface area (Å²) >= 11 is 7.26. The summed E-state index contributed by atoms with van der Waals surface area (Å²) < 4.78 is 15.7. The molecule has 0 saturated heterocycles. The standard InChI is InChI=1S/C14H12ClFN2OS/c15-12-3-1-2-9(13(12)16)6-11(19)7-10-8-18-4-5-20-14(18)17-10/h1-5,8,11,19H,6-7H2. The monoisotopic (exact) mass is 310 g/mol. The summed E-state index contributed by atoms with van der Waals surface area (Å²) in [6.45, 7) is 0. The van der Waals surface area contributed by atoms with Crippen molar-refractivity contribution in [1.82, 2.24) is 9.38 Å². The van der Waals surface area contributed by atoms with Crippen LogP contribution in [0.5, 0.6) is 0 Å². The highest BCUT2D eigenvalue weighted by Gasteiger charge is 2.14. The van der Waals surface area contributed by atoms with Crippen molar-refractivity contribution in [3.63, 3.8) is 0 Å². The summed E-state index contributed by atoms with van der Waals surface area (Å²) in [6.07, 6.45) is 3.72. The number of fused-ring (bicyclic) bond motifs is 1. The number of thiazole rings is 1. The Morgan fingerprint density at radius 3 is 3.05 bits per heavy atom. The van der Waals surface area contributed by atoms with Gasteiger partial charge in [-0.25, -0.2) is 9.37 Å². The summed E-state index contributed by atoms with van der Waals surface area (Å²) in [4.78, 5) is 5.29. The van der Waals surface area contributed by atoms with Crippen LogP contribution in [0.1, 0.15) is 11.3 Å². The number of aliphatic hydroxyl groups excluding tert-OH is 1. The molecule has 6 heteroatoms. The predicted molar refractivity (Wildman–Crippen MR) is 77.9 cm³/mol. The average molecular weight is 311 g/mol. The second-order valence-corrected chi connectivity index (χ2v) is 5.88. The van der Waals surface area contributed by atoms with E-state index in [-0.39, 0.29) is 11.4 Å². The van der Waals surface area contributed by atoms with Crippen molar-refractivity contribution in [3.05, 3.63) is 58.1 Å². The van der Waals surface area contributed by atoms with Gasteiger partial charge in [0, 0.05) is 30.6 Å². The highest BCUT2D eigenvalue weighted by molar-refractivity contribution is 7.15. The molecule has 20 heavy (non-hydrogen) atoms. The molecule has 3 rings (SSSR count). The van der Waals surface area contributed by atoms with Crippen molar-refractivity contribution in [2.45, 2.75) is 18.9 Å². The Kier molecular flexibility index (Phi) is 3.74. The Morgan fingerprint density at radius 1 is 1.40 bits per heavy atom. The summed E-state index contributed by atoms with van der Waals surface area (Å²) in [7, 11) is 0. The zero-order valence-electron chi connectivity index (χ0n) is 10.5. The van der Waals surface area contributed by atoms with Crippen LogP contribution in [-0.4, -0.2) is 20.6 Å². The lowest BCUT2D eigenvalue weighted by molar-refractivity contribution is 0.173. The van der Waals surface area contributed by atoms with Crippen LogP contribution >= 0.6 is 22.9 Å². The van der Waals surface area contributed by atoms with Crippen molar-refractivity contribution in [2.24, 2.45) is 0 Å². The summed E-state index contributed by atoms with van der Waals surface area (Å²) in [6, 6.07) is 4.81. The van der Waals surface area contributed by atoms with E-state index in [2.05, 4.69) is 4.98 Å². The van der Waals surface area contributed by atoms with Gasteiger partial charge in [0.05, 0.1) is 16.8 Å². The third-order valence-electron chi connectivity index (χ3n) is 3.08. The minimum Gasteiger partial charge on any atom is -0.392 e. The molecular formula is C14H12ClFN2OS. The van der Waals surface area contributed by atoms with Crippen LogP contribution in [0.2, 0.25) is 5.02 Å². The number of hydrogen-bond donors (Lipinski definition) is 1. The van der Waals surface area contributed by atoms with Gasteiger partial charge in [-0.2, -0.15) is 0 Å². The van der Waals surface area contributed by atoms with Gasteiger partial charge >= 0.3 is 0 Å². The van der Waals surface area contributed by atoms with Crippen molar-refractivity contribution >= 4 is 27.9 Å². The van der Waals surface area contributed by atoms with E-state index < -0.39 is 11.9 Å². The van der Waals surface area contributed by atoms with Gasteiger partial charge in [0.1, 0.15) is 5.82 Å². The highest BCUT2D eigenvalue weighted by atomic mass is 35.5. The van der Waals surface area contributed by atoms with Crippen LogP contribution in [0.3, 0.4) is 0 Å². The zero-order chi connectivity index (χ0) is 14.1. The maximum absolute atomic E-state index is 13.8. The maximum atomic E-state index is 13.8. The number of hydrogen-bond acceptors (Lipinski definition) is 3. The first-order chi connectivity index (χ1) is 9.63. The molecule has 0 bridgehead atoms. The van der Waals surface area contributed by atoms with Gasteiger partial charge in [-0.3, -0.25) is 4.40 Å². The molecule has 1 unspecified atom stereocenters. The molecule has 1 aromatic carbocycles. The second-order valence-electron chi connectivity index (χ2n) is 4.60. The van der Waals surface area contributed by atoms with Gasteiger partial charge in [-0.1, -0.05) is 23.7 Å². The molecule has 1 N–H and O–H groups in total. The molecule has 0 saturated carbocycles. The SMILES string of the molecule is OC(Cc1cn2ccsc2n1)Cc1cccc(Cl)c1F. The number of aliphatic hydroxyl groups is 1. The molecule has 0 radical (unpaired) electrons. The lowest BCUT2D eigenvalue weighted by Gasteiger charge is -2.10. The highest BCUT2D eigenvalue weighted by Crippen LogP contribution is 2.20. The average Bonchev–Trinajstić information content (AvgIpc) is 2.95. The third kappa shape index (κ3) is 2.70. The molecule has 3 aromatic rings. The van der Waals surface area contributed by atoms with E-state index in [1.165, 1.54) is 17.4 Å². The molecule has 0 aliphatic carbocycles. The van der Waals surface area contributed by atoms with E-state index in [0.717, 1.165) is 10.7 Å². The topological polar surface area (TPSA) is 37.5 Å². The molecule has 0 amide bonds. The molecular weight excluding hydrogens is 299 g/mol. The van der Waals surface area contributed by atoms with Crippen molar-refractivity contribution in [3.8, 4) is 0 Å². The van der Waals surface area contributed by atoms with Gasteiger partial charge in [0.15, 0.2) is 4.96 Å². The molecule has 1 atom stereocenters. The number of halogens is 2. The van der Waals surface area contributed by atoms with Crippen LogP contribution in [0.4, 0.5) is 4.39 Å². The van der Waals surface area contributed by atoms with E-state index >= 15 is 0 Å². The van der Waals surface area contributed by atoms with E-state index in [9.17, 15) is 9.50 Å². The summed E-state index contributed by atoms with van der Waals surface area (Å²) in [5, 5.41) is 12.1. The first-order valence-electron chi connectivity index (χ1n) is 6.15. The number of nitrogens with zero attached hydrogens (tertiary/aromatic N) is 2. The van der Waals surface area contributed by atoms with Gasteiger partial charge in [0.25, 0.3) is 0 Å². The minimum atomic E-state index is -0.687. The Labute approximate surface area is 124 Å². The molecule has 2 heterocycles. The fourth-order valence-corrected chi connectivity index (χ4v) is 3.06. The van der Waals surface area contributed by atoms with Crippen LogP contribution in [-0.2, 0) is 12.8 Å². The molecule has 0 aliphatic rings. The largest absolute Gasteiger partial charge is 0.392 e. The number of imidazole rings is 1. The van der Waals surface area contributed by atoms with Gasteiger partial charge < -0.3 is 5.11 Å². The van der Waals surface area contributed by atoms with Crippen molar-refractivity contribution in [1.29, 1.82) is 0 Å². The smallest absolute Gasteiger partial charge is 0.193 e. The fourth-order valence-electron chi connectivity index (χ4n) is 2.15. The van der Waals surface area contributed by atoms with Crippen molar-refractivity contribution in [2.75, 3.05) is 0 Å². The van der Waals surface area contributed by atoms with Gasteiger partial charge in [-0.05, 0) is 11.6 Å². The van der Waals surface area contributed by atoms with Crippen LogP contribution in [0.25, 0.3) is 4.96 Å². The predicted octanol–water partition coefficient (Wildman–Crippen LogP) is 3.33. The molecule has 0 spiro atoms. The molecule has 3 nitrogen and oxygen atoms in total. The van der Waals surface area contributed by atoms with E-state index in [0.29, 0.717) is 12.0 Å². The normalized spacial score (nSPS) is 12.9. The number of aromatic nitrogens is 2. The Bertz CT molecular complexity index is 711. The van der Waals surface area contributed by atoms with Crippen LogP contribution in [0, 0.1) is 5.82 Å². The Hall–Kier alpha value is -1.43. The third-order valence-corrected chi connectivity index (χ3v) is 4.14. The van der Waals surface area contributed by atoms with Crippen molar-refractivity contribution < 1.29 is 9.50 Å². The summed E-state index contributed by atoms with van der Waals surface area (Å²) in [5.41, 5.74) is 1.22. The fraction of sp³-hybridized carbons (Fsp3) is 0.214. The minimum absolute atomic E-state index is 0.0807. The number of benzene rings is 1. The second kappa shape index (κ2) is 5.52. The van der Waals surface area contributed by atoms with Crippen LogP contribution in [0.15, 0.2) is 36.0 Å². The first kappa shape index (κ1) is 13.5. The molecule has 104 valence electrons. The summed E-state index contributed by atoms with van der Waals surface area (Å²) in [5.74, 6) is -0.459. The number of rotatable bonds is 4. The van der Waals surface area contributed by atoms with E-state index in [1.807, 2.05) is 22.2 Å². The maximum Gasteiger partial charge on any atom is 0.193 e. The zero-order valence-corrected chi connectivity index (χ0v) is 12.0. The molecule has 2 aromatic heterocycles. The quantitative estimate of drug-likeness (QED) is 0.802. The lowest BCUT2D eigenvalue weighted by atomic mass is 10.0. The molecule has 0 fully saturated rings. The molecule has 0 aliphatic heterocycles. The lowest BCUT2D eigenvalue weighted by Crippen LogP contribution is -2.15. The van der Waals surface area contributed by atoms with Gasteiger partial charge in [-0.15, -0.1) is 11.3 Å². The van der Waals surface area contributed by atoms with E-state index in [4.69, 9.17) is 11.6 Å². The van der Waals surface area contributed by atoms with Gasteiger partial charge in [0.2, 0.25) is 0 Å².